The number of aliphatic carboxylic acids is 1. The van der Waals surface area contributed by atoms with Gasteiger partial charge in [0.1, 0.15) is 11.5 Å². The summed E-state index contributed by atoms with van der Waals surface area (Å²) in [6.45, 7) is 1.43. The maximum Gasteiger partial charge on any atom is 0.344 e. The molecule has 1 saturated heterocycles. The van der Waals surface area contributed by atoms with Crippen LogP contribution in [0.1, 0.15) is 12.5 Å². The van der Waals surface area contributed by atoms with E-state index in [4.69, 9.17) is 9.84 Å². The van der Waals surface area contributed by atoms with Gasteiger partial charge in [0.2, 0.25) is 0 Å². The number of hydrogen-bond acceptors (Lipinski definition) is 6. The van der Waals surface area contributed by atoms with Crippen molar-refractivity contribution in [2.45, 2.75) is 13.0 Å². The van der Waals surface area contributed by atoms with E-state index in [9.17, 15) is 14.7 Å². The van der Waals surface area contributed by atoms with E-state index in [1.54, 1.807) is 42.5 Å². The summed E-state index contributed by atoms with van der Waals surface area (Å²) in [5, 5.41) is 21.6. The molecule has 1 unspecified atom stereocenters. The number of aromatic hydroxyl groups is 1. The summed E-state index contributed by atoms with van der Waals surface area (Å²) >= 11 is 1.15. The van der Waals surface area contributed by atoms with E-state index in [1.165, 1.54) is 19.1 Å². The molecule has 1 fully saturated rings. The summed E-state index contributed by atoms with van der Waals surface area (Å²) in [4.78, 5) is 27.9. The third-order valence-electron chi connectivity index (χ3n) is 3.57. The summed E-state index contributed by atoms with van der Waals surface area (Å²) < 4.78 is 5.44. The standard InChI is InChI=1S/C19H16N2O5S/c1-11(18(24)25)26-15-8-3-2-5-12(15)9-16-17(23)21-19(27-16)20-13-6-4-7-14(22)10-13/h2-11,22H,1H3,(H,24,25)(H,20,21,23)/b16-9-. The van der Waals surface area contributed by atoms with Crippen LogP contribution in [0, 0.1) is 0 Å². The van der Waals surface area contributed by atoms with Crippen molar-refractivity contribution in [3.8, 4) is 11.5 Å². The van der Waals surface area contributed by atoms with Gasteiger partial charge in [0.05, 0.1) is 10.6 Å². The number of nitrogens with zero attached hydrogens (tertiary/aromatic N) is 1. The number of amidine groups is 1. The Bertz CT molecular complexity index is 955. The third kappa shape index (κ3) is 4.68. The minimum Gasteiger partial charge on any atom is -0.508 e. The van der Waals surface area contributed by atoms with E-state index in [0.29, 0.717) is 27.1 Å². The van der Waals surface area contributed by atoms with Crippen molar-refractivity contribution in [3.05, 3.63) is 59.0 Å². The lowest BCUT2D eigenvalue weighted by Gasteiger charge is -2.12. The molecule has 0 spiro atoms. The van der Waals surface area contributed by atoms with Crippen LogP contribution in [0.3, 0.4) is 0 Å². The van der Waals surface area contributed by atoms with Crippen molar-refractivity contribution in [2.75, 3.05) is 0 Å². The number of carbonyl (C=O) groups is 2. The molecule has 3 N–H and O–H groups in total. The minimum absolute atomic E-state index is 0.0839. The Morgan fingerprint density at radius 1 is 1.26 bits per heavy atom. The minimum atomic E-state index is -1.08. The van der Waals surface area contributed by atoms with E-state index < -0.39 is 12.1 Å². The molecule has 1 aliphatic heterocycles. The van der Waals surface area contributed by atoms with E-state index >= 15 is 0 Å². The van der Waals surface area contributed by atoms with Gasteiger partial charge in [-0.1, -0.05) is 24.3 Å². The molecular weight excluding hydrogens is 368 g/mol. The van der Waals surface area contributed by atoms with E-state index in [-0.39, 0.29) is 11.7 Å². The van der Waals surface area contributed by atoms with Gasteiger partial charge in [-0.25, -0.2) is 9.79 Å². The van der Waals surface area contributed by atoms with Crippen molar-refractivity contribution in [2.24, 2.45) is 4.99 Å². The molecule has 0 aromatic heterocycles. The van der Waals surface area contributed by atoms with Crippen LogP contribution in [0.2, 0.25) is 0 Å². The molecular formula is C19H16N2O5S. The lowest BCUT2D eigenvalue weighted by Crippen LogP contribution is -2.23. The molecule has 2 aromatic rings. The zero-order chi connectivity index (χ0) is 19.4. The molecule has 7 nitrogen and oxygen atoms in total. The van der Waals surface area contributed by atoms with Crippen LogP contribution < -0.4 is 10.1 Å². The zero-order valence-corrected chi connectivity index (χ0v) is 15.1. The average Bonchev–Trinajstić information content (AvgIpc) is 2.95. The maximum atomic E-state index is 12.2. The molecule has 0 radical (unpaired) electrons. The van der Waals surface area contributed by atoms with Crippen LogP contribution in [0.15, 0.2) is 58.4 Å². The number of amides is 1. The first-order chi connectivity index (χ1) is 12.9. The van der Waals surface area contributed by atoms with E-state index in [1.807, 2.05) is 0 Å². The number of para-hydroxylation sites is 1. The highest BCUT2D eigenvalue weighted by atomic mass is 32.2. The number of aliphatic imine (C=N–C) groups is 1. The summed E-state index contributed by atoms with van der Waals surface area (Å²) in [7, 11) is 0. The Labute approximate surface area is 159 Å². The molecule has 0 saturated carbocycles. The molecule has 27 heavy (non-hydrogen) atoms. The molecule has 1 heterocycles. The van der Waals surface area contributed by atoms with Gasteiger partial charge in [0.15, 0.2) is 11.3 Å². The molecule has 1 atom stereocenters. The maximum absolute atomic E-state index is 12.2. The number of carbonyl (C=O) groups excluding carboxylic acids is 1. The van der Waals surface area contributed by atoms with Crippen LogP contribution in [0.4, 0.5) is 5.69 Å². The average molecular weight is 384 g/mol. The molecule has 3 rings (SSSR count). The zero-order valence-electron chi connectivity index (χ0n) is 14.2. The quantitative estimate of drug-likeness (QED) is 0.684. The summed E-state index contributed by atoms with van der Waals surface area (Å²) in [6, 6.07) is 13.2. The van der Waals surface area contributed by atoms with Crippen molar-refractivity contribution >= 4 is 40.6 Å². The van der Waals surface area contributed by atoms with Gasteiger partial charge in [-0.15, -0.1) is 0 Å². The number of carboxylic acids is 1. The highest BCUT2D eigenvalue weighted by Crippen LogP contribution is 2.31. The Balaban J connectivity index is 1.84. The van der Waals surface area contributed by atoms with E-state index in [0.717, 1.165) is 11.8 Å². The number of ether oxygens (including phenoxy) is 1. The number of hydrogen-bond donors (Lipinski definition) is 3. The Morgan fingerprint density at radius 3 is 2.78 bits per heavy atom. The molecule has 1 amide bonds. The summed E-state index contributed by atoms with van der Waals surface area (Å²) in [5.74, 6) is -0.946. The number of nitrogens with one attached hydrogen (secondary N) is 1. The van der Waals surface area contributed by atoms with Crippen molar-refractivity contribution in [1.82, 2.24) is 5.32 Å². The lowest BCUT2D eigenvalue weighted by atomic mass is 10.2. The molecule has 1 aliphatic rings. The molecule has 0 bridgehead atoms. The third-order valence-corrected chi connectivity index (χ3v) is 4.48. The molecule has 0 aliphatic carbocycles. The Hall–Kier alpha value is -3.26. The second-order valence-corrected chi connectivity index (χ2v) is 6.67. The molecule has 2 aromatic carbocycles. The van der Waals surface area contributed by atoms with Gasteiger partial charge in [0, 0.05) is 11.6 Å². The van der Waals surface area contributed by atoms with Gasteiger partial charge in [-0.3, -0.25) is 4.79 Å². The van der Waals surface area contributed by atoms with Gasteiger partial charge < -0.3 is 20.3 Å². The van der Waals surface area contributed by atoms with Gasteiger partial charge in [0.25, 0.3) is 5.91 Å². The number of rotatable bonds is 5. The highest BCUT2D eigenvalue weighted by Gasteiger charge is 2.24. The summed E-state index contributed by atoms with van der Waals surface area (Å²) in [5.41, 5.74) is 1.10. The number of carboxylic acid groups (broad SMARTS) is 1. The largest absolute Gasteiger partial charge is 0.508 e. The fraction of sp³-hybridized carbons (Fsp3) is 0.105. The van der Waals surface area contributed by atoms with Gasteiger partial charge >= 0.3 is 5.97 Å². The monoisotopic (exact) mass is 384 g/mol. The molecule has 138 valence electrons. The van der Waals surface area contributed by atoms with E-state index in [2.05, 4.69) is 10.3 Å². The summed E-state index contributed by atoms with van der Waals surface area (Å²) in [6.07, 6.45) is 0.604. The van der Waals surface area contributed by atoms with Crippen molar-refractivity contribution in [1.29, 1.82) is 0 Å². The van der Waals surface area contributed by atoms with Crippen LogP contribution >= 0.6 is 11.8 Å². The number of phenolic OH excluding ortho intramolecular Hbond substituents is 1. The second-order valence-electron chi connectivity index (χ2n) is 5.64. The predicted octanol–water partition coefficient (Wildman–Crippen LogP) is 3.14. The number of benzene rings is 2. The lowest BCUT2D eigenvalue weighted by molar-refractivity contribution is -0.144. The van der Waals surface area contributed by atoms with Crippen LogP contribution in [-0.2, 0) is 9.59 Å². The van der Waals surface area contributed by atoms with Gasteiger partial charge in [-0.2, -0.15) is 0 Å². The van der Waals surface area contributed by atoms with Crippen LogP contribution in [-0.4, -0.2) is 33.4 Å². The fourth-order valence-corrected chi connectivity index (χ4v) is 3.08. The Kier molecular flexibility index (Phi) is 5.46. The molecule has 8 heteroatoms. The smallest absolute Gasteiger partial charge is 0.344 e. The first-order valence-corrected chi connectivity index (χ1v) is 8.81. The van der Waals surface area contributed by atoms with Crippen molar-refractivity contribution in [3.63, 3.8) is 0 Å². The first kappa shape index (κ1) is 18.5. The van der Waals surface area contributed by atoms with Crippen LogP contribution in [0.25, 0.3) is 6.08 Å². The van der Waals surface area contributed by atoms with Crippen molar-refractivity contribution < 1.29 is 24.5 Å². The first-order valence-electron chi connectivity index (χ1n) is 7.99. The normalized spacial score (nSPS) is 17.7. The Morgan fingerprint density at radius 2 is 2.04 bits per heavy atom. The second kappa shape index (κ2) is 7.96. The predicted molar refractivity (Wildman–Crippen MR) is 103 cm³/mol. The fourth-order valence-electron chi connectivity index (χ4n) is 2.25. The highest BCUT2D eigenvalue weighted by molar-refractivity contribution is 8.18. The van der Waals surface area contributed by atoms with Crippen LogP contribution in [0.5, 0.6) is 11.5 Å². The topological polar surface area (TPSA) is 108 Å². The number of thioether (sulfide) groups is 1. The number of phenols is 1. The van der Waals surface area contributed by atoms with Gasteiger partial charge in [-0.05, 0) is 43.0 Å². The SMILES string of the molecule is CC(Oc1ccccc1/C=C1\SC(=Nc2cccc(O)c2)NC1=O)C(=O)O.